The molecule has 3 aromatic heterocycles. The number of hydrogen-bond acceptors (Lipinski definition) is 2. The monoisotopic (exact) mass is 769 g/mol. The molecule has 293 valence electrons. The lowest BCUT2D eigenvalue weighted by atomic mass is 9.86. The Morgan fingerprint density at radius 3 is 0.898 bits per heavy atom. The van der Waals surface area contributed by atoms with E-state index in [-0.39, 0.29) is 16.2 Å². The van der Waals surface area contributed by atoms with Crippen LogP contribution >= 0.6 is 0 Å². The van der Waals surface area contributed by atoms with Gasteiger partial charge in [0.25, 0.3) is 0 Å². The summed E-state index contributed by atoms with van der Waals surface area (Å²) in [5.41, 5.74) is 19.2. The SMILES string of the molecule is CC(C)(C)c1ccc(-c2c3nc(c(-c4ccc(C(C)(C)C)cc4)c4ccc([nH]4)c(-c4ccc(C(C)(C)C)cc4)c4nc(c([C]5[CH][CH][CH][CH]5)c5ccc2[nH]5)C=C4)C=C3)cc1. The van der Waals surface area contributed by atoms with E-state index < -0.39 is 0 Å². The van der Waals surface area contributed by atoms with E-state index in [1.807, 2.05) is 0 Å². The van der Waals surface area contributed by atoms with Crippen LogP contribution in [0.25, 0.3) is 79.8 Å². The Balaban J connectivity index is 1.40. The van der Waals surface area contributed by atoms with Crippen LogP contribution in [0.15, 0.2) is 97.1 Å². The highest BCUT2D eigenvalue weighted by Gasteiger charge is 2.26. The number of rotatable bonds is 4. The highest BCUT2D eigenvalue weighted by molar-refractivity contribution is 5.98. The number of nitrogens with one attached hydrogen (secondary N) is 2. The molecule has 1 saturated carbocycles. The molecular weight excluding hydrogens is 717 g/mol. The van der Waals surface area contributed by atoms with Gasteiger partial charge in [-0.2, -0.15) is 0 Å². The van der Waals surface area contributed by atoms with Crippen molar-refractivity contribution in [2.24, 2.45) is 0 Å². The van der Waals surface area contributed by atoms with Crippen LogP contribution in [-0.2, 0) is 16.2 Å². The van der Waals surface area contributed by atoms with Gasteiger partial charge in [0.15, 0.2) is 0 Å². The third kappa shape index (κ3) is 7.43. The van der Waals surface area contributed by atoms with Crippen LogP contribution in [0, 0.1) is 31.6 Å². The van der Waals surface area contributed by atoms with Gasteiger partial charge in [-0.05, 0) is 124 Å². The first kappa shape index (κ1) is 38.8. The maximum Gasteiger partial charge on any atom is 0.0737 e. The Morgan fingerprint density at radius 2 is 0.610 bits per heavy atom. The molecule has 4 heteroatoms. The molecule has 5 heterocycles. The predicted molar refractivity (Wildman–Crippen MR) is 251 cm³/mol. The molecule has 3 aromatic carbocycles. The number of hydrogen-bond donors (Lipinski definition) is 2. The fourth-order valence-electron chi connectivity index (χ4n) is 8.37. The second-order valence-electron chi connectivity index (χ2n) is 19.2. The van der Waals surface area contributed by atoms with Crippen LogP contribution in [0.4, 0.5) is 0 Å². The maximum atomic E-state index is 5.52. The summed E-state index contributed by atoms with van der Waals surface area (Å²) in [5.74, 6) is 1.11. The zero-order valence-electron chi connectivity index (χ0n) is 35.8. The number of aromatic amines is 2. The smallest absolute Gasteiger partial charge is 0.0737 e. The molecule has 59 heavy (non-hydrogen) atoms. The number of nitrogens with zero attached hydrogens (tertiary/aromatic N) is 2. The summed E-state index contributed by atoms with van der Waals surface area (Å²) in [6.45, 7) is 20.3. The van der Waals surface area contributed by atoms with E-state index in [0.717, 1.165) is 89.7 Å². The first-order chi connectivity index (χ1) is 28.1. The van der Waals surface area contributed by atoms with E-state index in [1.54, 1.807) is 0 Å². The summed E-state index contributed by atoms with van der Waals surface area (Å²) in [7, 11) is 0. The molecule has 0 unspecified atom stereocenters. The zero-order valence-corrected chi connectivity index (χ0v) is 35.8. The summed E-state index contributed by atoms with van der Waals surface area (Å²) in [6.07, 6.45) is 17.2. The van der Waals surface area contributed by atoms with Gasteiger partial charge in [-0.3, -0.25) is 0 Å². The van der Waals surface area contributed by atoms with Gasteiger partial charge >= 0.3 is 0 Å². The van der Waals surface area contributed by atoms with Gasteiger partial charge in [-0.15, -0.1) is 0 Å². The number of aromatic nitrogens is 4. The molecule has 0 spiro atoms. The van der Waals surface area contributed by atoms with Gasteiger partial charge < -0.3 is 9.97 Å². The second-order valence-corrected chi connectivity index (χ2v) is 19.2. The molecule has 3 aliphatic rings. The number of fused-ring (bicyclic) bond motifs is 8. The van der Waals surface area contributed by atoms with Crippen molar-refractivity contribution in [2.45, 2.75) is 78.6 Å². The third-order valence-corrected chi connectivity index (χ3v) is 11.8. The Bertz CT molecular complexity index is 2720. The third-order valence-electron chi connectivity index (χ3n) is 11.8. The topological polar surface area (TPSA) is 57.4 Å². The number of benzene rings is 3. The lowest BCUT2D eigenvalue weighted by Gasteiger charge is -2.19. The first-order valence-electron chi connectivity index (χ1n) is 20.8. The Kier molecular flexibility index (Phi) is 9.54. The van der Waals surface area contributed by atoms with Gasteiger partial charge in [0.05, 0.1) is 22.8 Å². The van der Waals surface area contributed by atoms with Crippen LogP contribution in [-0.4, -0.2) is 19.9 Å². The van der Waals surface area contributed by atoms with E-state index in [4.69, 9.17) is 9.97 Å². The van der Waals surface area contributed by atoms with Crippen LogP contribution in [0.2, 0.25) is 0 Å². The molecule has 2 N–H and O–H groups in total. The van der Waals surface area contributed by atoms with Gasteiger partial charge in [-0.1, -0.05) is 135 Å². The summed E-state index contributed by atoms with van der Waals surface area (Å²) in [4.78, 5) is 18.8. The molecule has 4 nitrogen and oxygen atoms in total. The van der Waals surface area contributed by atoms with Gasteiger partial charge in [0.2, 0.25) is 0 Å². The standard InChI is InChI=1S/C55H53N4/c1-53(2,3)38-20-14-35(15-21-38)50-43-28-26-41(56-43)49(34-12-10-11-13-34)42-27-29-44(57-42)51(36-16-22-39(23-17-36)54(4,5)6)46-31-33-48(59-46)52(47-32-30-45(50)58-47)37-18-24-40(25-19-37)55(7,8)9/h10-33,56,59H,1-9H3. The van der Waals surface area contributed by atoms with Crippen LogP contribution in [0.1, 0.15) is 107 Å². The molecule has 1 aliphatic carbocycles. The molecule has 0 amide bonds. The fourth-order valence-corrected chi connectivity index (χ4v) is 8.37. The van der Waals surface area contributed by atoms with Crippen molar-refractivity contribution < 1.29 is 0 Å². The molecule has 5 radical (unpaired) electrons. The largest absolute Gasteiger partial charge is 0.355 e. The van der Waals surface area contributed by atoms with Crippen molar-refractivity contribution in [1.82, 2.24) is 19.9 Å². The Hall–Kier alpha value is -5.74. The van der Waals surface area contributed by atoms with E-state index in [2.05, 4.69) is 219 Å². The summed E-state index contributed by atoms with van der Waals surface area (Å²) < 4.78 is 0. The van der Waals surface area contributed by atoms with E-state index in [0.29, 0.717) is 0 Å². The molecule has 0 saturated heterocycles. The average molecular weight is 770 g/mol. The highest BCUT2D eigenvalue weighted by atomic mass is 14.8. The zero-order chi connectivity index (χ0) is 41.3. The van der Waals surface area contributed by atoms with Gasteiger partial charge in [0.1, 0.15) is 0 Å². The summed E-state index contributed by atoms with van der Waals surface area (Å²) >= 11 is 0. The van der Waals surface area contributed by atoms with Crippen LogP contribution < -0.4 is 0 Å². The fraction of sp³-hybridized carbons (Fsp3) is 0.218. The van der Waals surface area contributed by atoms with Gasteiger partial charge in [-0.25, -0.2) is 9.97 Å². The van der Waals surface area contributed by atoms with Crippen molar-refractivity contribution >= 4 is 46.4 Å². The molecule has 1 fully saturated rings. The molecule has 8 bridgehead atoms. The summed E-state index contributed by atoms with van der Waals surface area (Å²) in [5, 5.41) is 0. The number of H-pyrrole nitrogens is 2. The maximum absolute atomic E-state index is 5.52. The Morgan fingerprint density at radius 1 is 0.339 bits per heavy atom. The van der Waals surface area contributed by atoms with Crippen LogP contribution in [0.5, 0.6) is 0 Å². The summed E-state index contributed by atoms with van der Waals surface area (Å²) in [6, 6.07) is 35.8. The highest BCUT2D eigenvalue weighted by Crippen LogP contribution is 2.41. The predicted octanol–water partition coefficient (Wildman–Crippen LogP) is 14.3. The van der Waals surface area contributed by atoms with E-state index >= 15 is 0 Å². The van der Waals surface area contributed by atoms with Crippen molar-refractivity contribution in [2.75, 3.05) is 0 Å². The quantitative estimate of drug-likeness (QED) is 0.187. The molecule has 0 atom stereocenters. The van der Waals surface area contributed by atoms with Crippen molar-refractivity contribution in [3.63, 3.8) is 0 Å². The average Bonchev–Trinajstić information content (AvgIpc) is 4.05. The molecular formula is C55H53N4. The lowest BCUT2D eigenvalue weighted by molar-refractivity contribution is 0.590. The van der Waals surface area contributed by atoms with Crippen LogP contribution in [0.3, 0.4) is 0 Å². The first-order valence-corrected chi connectivity index (χ1v) is 20.8. The van der Waals surface area contributed by atoms with Crippen molar-refractivity contribution in [1.29, 1.82) is 0 Å². The van der Waals surface area contributed by atoms with Gasteiger partial charge in [0, 0.05) is 50.2 Å². The van der Waals surface area contributed by atoms with Crippen molar-refractivity contribution in [3.05, 3.63) is 174 Å². The minimum absolute atomic E-state index is 0.0359. The lowest BCUT2D eigenvalue weighted by Crippen LogP contribution is -2.10. The molecule has 9 rings (SSSR count). The van der Waals surface area contributed by atoms with Crippen molar-refractivity contribution in [3.8, 4) is 33.4 Å². The normalized spacial score (nSPS) is 14.7. The minimum Gasteiger partial charge on any atom is -0.355 e. The molecule has 6 aromatic rings. The minimum atomic E-state index is 0.0359. The van der Waals surface area contributed by atoms with E-state index in [9.17, 15) is 0 Å². The molecule has 2 aliphatic heterocycles. The Labute approximate surface area is 350 Å². The van der Waals surface area contributed by atoms with E-state index in [1.165, 1.54) is 16.7 Å². The second kappa shape index (κ2) is 14.5.